The molecule has 4 nitrogen and oxygen atoms in total. The van der Waals surface area contributed by atoms with Crippen LogP contribution >= 0.6 is 0 Å². The number of methoxy groups -OCH3 is 1. The van der Waals surface area contributed by atoms with Crippen LogP contribution in [0.15, 0.2) is 24.3 Å². The largest absolute Gasteiger partial charge is 0.497 e. The molecule has 1 aromatic rings. The Balaban J connectivity index is 2.01. The van der Waals surface area contributed by atoms with Crippen LogP contribution < -0.4 is 10.1 Å². The van der Waals surface area contributed by atoms with Gasteiger partial charge in [0.2, 0.25) is 0 Å². The Morgan fingerprint density at radius 3 is 2.90 bits per heavy atom. The molecule has 1 fully saturated rings. The summed E-state index contributed by atoms with van der Waals surface area (Å²) in [6.45, 7) is 2.16. The van der Waals surface area contributed by atoms with Crippen LogP contribution in [0.4, 0.5) is 0 Å². The molecule has 1 amide bonds. The normalized spacial score (nSPS) is 23.4. The maximum atomic E-state index is 12.3. The number of aliphatic hydroxyl groups is 1. The molecule has 0 saturated heterocycles. The van der Waals surface area contributed by atoms with Gasteiger partial charge in [-0.15, -0.1) is 0 Å². The minimum atomic E-state index is -1.14. The van der Waals surface area contributed by atoms with Crippen LogP contribution in [0.2, 0.25) is 0 Å². The van der Waals surface area contributed by atoms with E-state index in [9.17, 15) is 9.90 Å². The molecule has 0 aliphatic heterocycles. The minimum Gasteiger partial charge on any atom is -0.497 e. The molecule has 3 unspecified atom stereocenters. The van der Waals surface area contributed by atoms with E-state index in [0.29, 0.717) is 17.2 Å². The second kappa shape index (κ2) is 7.46. The lowest BCUT2D eigenvalue weighted by Gasteiger charge is -2.32. The lowest BCUT2D eigenvalue weighted by Crippen LogP contribution is -2.43. The third-order valence-corrected chi connectivity index (χ3v) is 4.42. The van der Waals surface area contributed by atoms with Crippen molar-refractivity contribution in [3.05, 3.63) is 29.8 Å². The zero-order valence-electron chi connectivity index (χ0n) is 12.8. The van der Waals surface area contributed by atoms with Crippen molar-refractivity contribution in [1.82, 2.24) is 5.32 Å². The van der Waals surface area contributed by atoms with E-state index in [2.05, 4.69) is 12.2 Å². The Bertz CT molecular complexity index is 475. The minimum absolute atomic E-state index is 0.191. The summed E-state index contributed by atoms with van der Waals surface area (Å²) in [6.07, 6.45) is 4.49. The molecule has 0 heterocycles. The number of hydrogen-bond acceptors (Lipinski definition) is 3. The summed E-state index contributed by atoms with van der Waals surface area (Å²) >= 11 is 0. The van der Waals surface area contributed by atoms with Crippen molar-refractivity contribution in [2.24, 2.45) is 5.92 Å². The Hall–Kier alpha value is -1.55. The van der Waals surface area contributed by atoms with Gasteiger partial charge in [0.15, 0.2) is 6.10 Å². The van der Waals surface area contributed by atoms with Crippen molar-refractivity contribution in [3.63, 3.8) is 0 Å². The van der Waals surface area contributed by atoms with E-state index in [1.807, 2.05) is 0 Å². The number of rotatable bonds is 5. The molecule has 116 valence electrons. The van der Waals surface area contributed by atoms with Gasteiger partial charge in [-0.1, -0.05) is 38.3 Å². The predicted molar refractivity (Wildman–Crippen MR) is 82.1 cm³/mol. The van der Waals surface area contributed by atoms with E-state index in [0.717, 1.165) is 25.7 Å². The number of aliphatic hydroxyl groups excluding tert-OH is 1. The second-order valence-electron chi connectivity index (χ2n) is 5.75. The molecular formula is C17H25NO3. The van der Waals surface area contributed by atoms with E-state index >= 15 is 0 Å². The standard InChI is InChI=1S/C17H25NO3/c1-3-12-7-4-5-10-15(12)18-17(20)16(19)13-8-6-9-14(11-13)21-2/h6,8-9,11-12,15-16,19H,3-5,7,10H2,1-2H3,(H,18,20). The Labute approximate surface area is 126 Å². The molecule has 4 heteroatoms. The van der Waals surface area contributed by atoms with Crippen LogP contribution in [0, 0.1) is 5.92 Å². The van der Waals surface area contributed by atoms with Crippen molar-refractivity contribution in [2.45, 2.75) is 51.2 Å². The average molecular weight is 291 g/mol. The summed E-state index contributed by atoms with van der Waals surface area (Å²) in [6, 6.07) is 7.20. The van der Waals surface area contributed by atoms with Gasteiger partial charge in [-0.3, -0.25) is 4.79 Å². The van der Waals surface area contributed by atoms with Crippen molar-refractivity contribution in [2.75, 3.05) is 7.11 Å². The monoisotopic (exact) mass is 291 g/mol. The fourth-order valence-electron chi connectivity index (χ4n) is 3.11. The molecule has 2 rings (SSSR count). The van der Waals surface area contributed by atoms with Crippen molar-refractivity contribution in [3.8, 4) is 5.75 Å². The first-order valence-electron chi connectivity index (χ1n) is 7.78. The van der Waals surface area contributed by atoms with E-state index in [1.54, 1.807) is 31.4 Å². The molecule has 1 aromatic carbocycles. The summed E-state index contributed by atoms with van der Waals surface area (Å²) in [7, 11) is 1.57. The van der Waals surface area contributed by atoms with Crippen LogP contribution in [0.25, 0.3) is 0 Å². The van der Waals surface area contributed by atoms with Crippen LogP contribution in [0.1, 0.15) is 50.7 Å². The summed E-state index contributed by atoms with van der Waals surface area (Å²) in [5, 5.41) is 13.3. The maximum absolute atomic E-state index is 12.3. The van der Waals surface area contributed by atoms with Gasteiger partial charge in [0, 0.05) is 6.04 Å². The summed E-state index contributed by atoms with van der Waals surface area (Å²) in [5.74, 6) is 0.859. The quantitative estimate of drug-likeness (QED) is 0.877. The highest BCUT2D eigenvalue weighted by Crippen LogP contribution is 2.27. The van der Waals surface area contributed by atoms with E-state index < -0.39 is 6.10 Å². The first-order chi connectivity index (χ1) is 10.2. The number of carbonyl (C=O) groups is 1. The molecule has 2 N–H and O–H groups in total. The van der Waals surface area contributed by atoms with Gasteiger partial charge in [0.05, 0.1) is 7.11 Å². The van der Waals surface area contributed by atoms with Gasteiger partial charge >= 0.3 is 0 Å². The first-order valence-corrected chi connectivity index (χ1v) is 7.78. The lowest BCUT2D eigenvalue weighted by atomic mass is 9.83. The van der Waals surface area contributed by atoms with Gasteiger partial charge in [-0.2, -0.15) is 0 Å². The molecule has 3 atom stereocenters. The summed E-state index contributed by atoms with van der Waals surface area (Å²) in [5.41, 5.74) is 0.565. The van der Waals surface area contributed by atoms with E-state index in [-0.39, 0.29) is 11.9 Å². The molecule has 1 saturated carbocycles. The van der Waals surface area contributed by atoms with Gasteiger partial charge < -0.3 is 15.2 Å². The zero-order valence-corrected chi connectivity index (χ0v) is 12.8. The van der Waals surface area contributed by atoms with Crippen LogP contribution in [0.5, 0.6) is 5.75 Å². The van der Waals surface area contributed by atoms with Crippen molar-refractivity contribution >= 4 is 5.91 Å². The highest BCUT2D eigenvalue weighted by atomic mass is 16.5. The van der Waals surface area contributed by atoms with Crippen LogP contribution in [-0.2, 0) is 4.79 Å². The maximum Gasteiger partial charge on any atom is 0.253 e. The second-order valence-corrected chi connectivity index (χ2v) is 5.75. The molecule has 0 bridgehead atoms. The molecule has 0 radical (unpaired) electrons. The molecule has 1 aliphatic rings. The zero-order chi connectivity index (χ0) is 15.2. The molecule has 0 spiro atoms. The topological polar surface area (TPSA) is 58.6 Å². The lowest BCUT2D eigenvalue weighted by molar-refractivity contribution is -0.131. The predicted octanol–water partition coefficient (Wildman–Crippen LogP) is 2.81. The van der Waals surface area contributed by atoms with Crippen LogP contribution in [0.3, 0.4) is 0 Å². The Morgan fingerprint density at radius 1 is 1.43 bits per heavy atom. The third-order valence-electron chi connectivity index (χ3n) is 4.42. The van der Waals surface area contributed by atoms with Gasteiger partial charge in [0.1, 0.15) is 5.75 Å². The van der Waals surface area contributed by atoms with Crippen LogP contribution in [-0.4, -0.2) is 24.2 Å². The van der Waals surface area contributed by atoms with Crippen molar-refractivity contribution < 1.29 is 14.6 Å². The molecule has 1 aliphatic carbocycles. The summed E-state index contributed by atoms with van der Waals surface area (Å²) < 4.78 is 5.13. The third kappa shape index (κ3) is 3.97. The number of amides is 1. The molecule has 21 heavy (non-hydrogen) atoms. The fourth-order valence-corrected chi connectivity index (χ4v) is 3.11. The molecule has 0 aromatic heterocycles. The summed E-state index contributed by atoms with van der Waals surface area (Å²) in [4.78, 5) is 12.3. The molecular weight excluding hydrogens is 266 g/mol. The number of nitrogens with one attached hydrogen (secondary N) is 1. The highest BCUT2D eigenvalue weighted by molar-refractivity contribution is 5.82. The Kier molecular flexibility index (Phi) is 5.62. The van der Waals surface area contributed by atoms with Crippen molar-refractivity contribution in [1.29, 1.82) is 0 Å². The smallest absolute Gasteiger partial charge is 0.253 e. The highest BCUT2D eigenvalue weighted by Gasteiger charge is 2.27. The van der Waals surface area contributed by atoms with E-state index in [4.69, 9.17) is 4.74 Å². The van der Waals surface area contributed by atoms with Gasteiger partial charge in [0.25, 0.3) is 5.91 Å². The SMILES string of the molecule is CCC1CCCCC1NC(=O)C(O)c1cccc(OC)c1. The average Bonchev–Trinajstić information content (AvgIpc) is 2.54. The van der Waals surface area contributed by atoms with Gasteiger partial charge in [-0.05, 0) is 36.5 Å². The number of carbonyl (C=O) groups excluding carboxylic acids is 1. The van der Waals surface area contributed by atoms with Gasteiger partial charge in [-0.25, -0.2) is 0 Å². The van der Waals surface area contributed by atoms with E-state index in [1.165, 1.54) is 6.42 Å². The first kappa shape index (κ1) is 15.8. The number of ether oxygens (including phenoxy) is 1. The fraction of sp³-hybridized carbons (Fsp3) is 0.588. The Morgan fingerprint density at radius 2 is 2.19 bits per heavy atom. The number of hydrogen-bond donors (Lipinski definition) is 2. The number of benzene rings is 1.